The molecular weight excluding hydrogens is 294 g/mol. The number of carbonyl (C=O) groups is 1. The molecule has 0 saturated carbocycles. The van der Waals surface area contributed by atoms with Crippen molar-refractivity contribution in [1.82, 2.24) is 5.32 Å². The van der Waals surface area contributed by atoms with E-state index in [1.807, 2.05) is 30.3 Å². The number of carbonyl (C=O) groups excluding carboxylic acids is 1. The molecule has 0 aliphatic carbocycles. The Bertz CT molecular complexity index is 469. The van der Waals surface area contributed by atoms with E-state index in [2.05, 4.69) is 39.2 Å². The molecule has 1 aromatic carbocycles. The van der Waals surface area contributed by atoms with Crippen molar-refractivity contribution in [3.8, 4) is 0 Å². The van der Waals surface area contributed by atoms with Gasteiger partial charge < -0.3 is 9.16 Å². The highest BCUT2D eigenvalue weighted by molar-refractivity contribution is 6.74. The second-order valence-electron chi connectivity index (χ2n) is 7.01. The molecule has 0 spiro atoms. The Hall–Kier alpha value is -1.17. The van der Waals surface area contributed by atoms with Crippen molar-refractivity contribution < 1.29 is 14.0 Å². The van der Waals surface area contributed by atoms with Gasteiger partial charge in [0, 0.05) is 6.54 Å². The van der Waals surface area contributed by atoms with E-state index >= 15 is 0 Å². The van der Waals surface area contributed by atoms with E-state index in [9.17, 15) is 4.79 Å². The monoisotopic (exact) mass is 323 g/mol. The standard InChI is InChI=1S/C17H29NO3Si/c1-17(2,3)22(5,6)21-13-15(16(19)20-4)18-12-14-10-8-7-9-11-14/h7-11,15,18H,12-13H2,1-6H3/t15-/m1/s1. The molecule has 0 amide bonds. The van der Waals surface area contributed by atoms with Crippen LogP contribution >= 0.6 is 0 Å². The average molecular weight is 324 g/mol. The third-order valence-electron chi connectivity index (χ3n) is 4.30. The van der Waals surface area contributed by atoms with Crippen molar-refractivity contribution in [1.29, 1.82) is 0 Å². The minimum absolute atomic E-state index is 0.118. The van der Waals surface area contributed by atoms with Gasteiger partial charge in [0.15, 0.2) is 8.32 Å². The highest BCUT2D eigenvalue weighted by atomic mass is 28.4. The second kappa shape index (κ2) is 7.90. The van der Waals surface area contributed by atoms with Gasteiger partial charge in [-0.25, -0.2) is 0 Å². The first-order chi connectivity index (χ1) is 10.2. The number of hydrogen-bond donors (Lipinski definition) is 1. The van der Waals surface area contributed by atoms with Crippen LogP contribution in [0.1, 0.15) is 26.3 Å². The molecule has 1 rings (SSSR count). The Kier molecular flexibility index (Phi) is 6.78. The van der Waals surface area contributed by atoms with Crippen molar-refractivity contribution in [3.05, 3.63) is 35.9 Å². The Labute approximate surface area is 135 Å². The fourth-order valence-corrected chi connectivity index (χ4v) is 2.71. The van der Waals surface area contributed by atoms with E-state index in [0.29, 0.717) is 13.2 Å². The van der Waals surface area contributed by atoms with Crippen molar-refractivity contribution >= 4 is 14.3 Å². The lowest BCUT2D eigenvalue weighted by Gasteiger charge is -2.37. The lowest BCUT2D eigenvalue weighted by Crippen LogP contribution is -2.47. The van der Waals surface area contributed by atoms with Crippen LogP contribution in [0, 0.1) is 0 Å². The van der Waals surface area contributed by atoms with Gasteiger partial charge in [-0.05, 0) is 23.7 Å². The van der Waals surface area contributed by atoms with Gasteiger partial charge in [0.1, 0.15) is 6.04 Å². The lowest BCUT2D eigenvalue weighted by molar-refractivity contribution is -0.144. The molecule has 5 heteroatoms. The van der Waals surface area contributed by atoms with Crippen LogP contribution in [0.5, 0.6) is 0 Å². The molecular formula is C17H29NO3Si. The third-order valence-corrected chi connectivity index (χ3v) is 8.80. The minimum Gasteiger partial charge on any atom is -0.468 e. The molecule has 0 aliphatic heterocycles. The summed E-state index contributed by atoms with van der Waals surface area (Å²) < 4.78 is 11.0. The Morgan fingerprint density at radius 2 is 1.82 bits per heavy atom. The Balaban J connectivity index is 2.64. The van der Waals surface area contributed by atoms with Crippen LogP contribution in [-0.4, -0.2) is 34.0 Å². The van der Waals surface area contributed by atoms with Gasteiger partial charge in [-0.2, -0.15) is 0 Å². The molecule has 0 aliphatic rings. The molecule has 22 heavy (non-hydrogen) atoms. The zero-order chi connectivity index (χ0) is 16.8. The summed E-state index contributed by atoms with van der Waals surface area (Å²) in [5.41, 5.74) is 1.13. The van der Waals surface area contributed by atoms with Gasteiger partial charge in [0.2, 0.25) is 0 Å². The maximum absolute atomic E-state index is 12.0. The van der Waals surface area contributed by atoms with E-state index in [4.69, 9.17) is 9.16 Å². The fourth-order valence-electron chi connectivity index (χ4n) is 1.70. The summed E-state index contributed by atoms with van der Waals surface area (Å²) in [6, 6.07) is 9.54. The van der Waals surface area contributed by atoms with Gasteiger partial charge in [-0.15, -0.1) is 0 Å². The van der Waals surface area contributed by atoms with Crippen molar-refractivity contribution in [2.75, 3.05) is 13.7 Å². The summed E-state index contributed by atoms with van der Waals surface area (Å²) >= 11 is 0. The van der Waals surface area contributed by atoms with Crippen LogP contribution < -0.4 is 5.32 Å². The van der Waals surface area contributed by atoms with Crippen LogP contribution in [0.3, 0.4) is 0 Å². The number of benzene rings is 1. The SMILES string of the molecule is COC(=O)[C@@H](CO[Si](C)(C)C(C)(C)C)NCc1ccccc1. The zero-order valence-electron chi connectivity index (χ0n) is 14.6. The van der Waals surface area contributed by atoms with Crippen LogP contribution in [0.15, 0.2) is 30.3 Å². The predicted octanol–water partition coefficient (Wildman–Crippen LogP) is 3.34. The number of rotatable bonds is 7. The first-order valence-corrected chi connectivity index (χ1v) is 10.6. The van der Waals surface area contributed by atoms with Crippen molar-refractivity contribution in [2.24, 2.45) is 0 Å². The average Bonchev–Trinajstić information content (AvgIpc) is 2.46. The highest BCUT2D eigenvalue weighted by Gasteiger charge is 2.38. The Morgan fingerprint density at radius 1 is 1.23 bits per heavy atom. The summed E-state index contributed by atoms with van der Waals surface area (Å²) in [5.74, 6) is -0.283. The number of nitrogens with one attached hydrogen (secondary N) is 1. The first kappa shape index (κ1) is 18.9. The lowest BCUT2D eigenvalue weighted by atomic mass is 10.2. The molecule has 4 nitrogen and oxygen atoms in total. The summed E-state index contributed by atoms with van der Waals surface area (Å²) in [5, 5.41) is 3.35. The van der Waals surface area contributed by atoms with Crippen LogP contribution in [-0.2, 0) is 20.5 Å². The summed E-state index contributed by atoms with van der Waals surface area (Å²) in [6.07, 6.45) is 0. The molecule has 0 unspecified atom stereocenters. The zero-order valence-corrected chi connectivity index (χ0v) is 15.6. The molecule has 0 saturated heterocycles. The third kappa shape index (κ3) is 5.55. The predicted molar refractivity (Wildman–Crippen MR) is 92.2 cm³/mol. The summed E-state index contributed by atoms with van der Waals surface area (Å²) in [6.45, 7) is 11.9. The van der Waals surface area contributed by atoms with E-state index < -0.39 is 14.4 Å². The topological polar surface area (TPSA) is 47.6 Å². The minimum atomic E-state index is -1.88. The van der Waals surface area contributed by atoms with Crippen molar-refractivity contribution in [2.45, 2.75) is 51.5 Å². The molecule has 0 aromatic heterocycles. The van der Waals surface area contributed by atoms with Crippen molar-refractivity contribution in [3.63, 3.8) is 0 Å². The largest absolute Gasteiger partial charge is 0.468 e. The molecule has 124 valence electrons. The maximum Gasteiger partial charge on any atom is 0.325 e. The van der Waals surface area contributed by atoms with Crippen LogP contribution in [0.2, 0.25) is 18.1 Å². The molecule has 0 bridgehead atoms. The molecule has 1 N–H and O–H groups in total. The second-order valence-corrected chi connectivity index (χ2v) is 11.8. The number of esters is 1. The summed E-state index contributed by atoms with van der Waals surface area (Å²) in [4.78, 5) is 12.0. The van der Waals surface area contributed by atoms with Crippen LogP contribution in [0.4, 0.5) is 0 Å². The first-order valence-electron chi connectivity index (χ1n) is 7.66. The molecule has 1 atom stereocenters. The number of ether oxygens (including phenoxy) is 1. The molecule has 0 heterocycles. The normalized spacial score (nSPS) is 13.7. The summed E-state index contributed by atoms with van der Waals surface area (Å²) in [7, 11) is -0.474. The smallest absolute Gasteiger partial charge is 0.325 e. The molecule has 0 fully saturated rings. The fraction of sp³-hybridized carbons (Fsp3) is 0.588. The quantitative estimate of drug-likeness (QED) is 0.617. The van der Waals surface area contributed by atoms with Gasteiger partial charge in [-0.3, -0.25) is 10.1 Å². The Morgan fingerprint density at radius 3 is 2.32 bits per heavy atom. The molecule has 0 radical (unpaired) electrons. The molecule has 1 aromatic rings. The number of methoxy groups -OCH3 is 1. The van der Waals surface area contributed by atoms with Gasteiger partial charge in [0.25, 0.3) is 0 Å². The van der Waals surface area contributed by atoms with Gasteiger partial charge >= 0.3 is 5.97 Å². The highest BCUT2D eigenvalue weighted by Crippen LogP contribution is 2.36. The van der Waals surface area contributed by atoms with E-state index in [0.717, 1.165) is 5.56 Å². The van der Waals surface area contributed by atoms with Gasteiger partial charge in [0.05, 0.1) is 13.7 Å². The maximum atomic E-state index is 12.0. The van der Waals surface area contributed by atoms with Crippen LogP contribution in [0.25, 0.3) is 0 Å². The van der Waals surface area contributed by atoms with E-state index in [1.165, 1.54) is 7.11 Å². The van der Waals surface area contributed by atoms with Gasteiger partial charge in [-0.1, -0.05) is 51.1 Å². The van der Waals surface area contributed by atoms with E-state index in [1.54, 1.807) is 0 Å². The van der Waals surface area contributed by atoms with E-state index in [-0.39, 0.29) is 11.0 Å². The number of hydrogen-bond acceptors (Lipinski definition) is 4.